The summed E-state index contributed by atoms with van der Waals surface area (Å²) in [6, 6.07) is -4.78. The number of hydrogen-bond donors (Lipinski definition) is 8. The topological polar surface area (TPSA) is 679 Å². The number of ether oxygens (including phenoxy) is 10. The van der Waals surface area contributed by atoms with Gasteiger partial charge in [-0.1, -0.05) is 31.2 Å². The highest BCUT2D eigenvalue weighted by atomic mass is 32.3. The van der Waals surface area contributed by atoms with Crippen molar-refractivity contribution < 1.29 is 198 Å². The van der Waals surface area contributed by atoms with Crippen LogP contribution in [0.1, 0.15) is 20.8 Å². The van der Waals surface area contributed by atoms with Gasteiger partial charge in [0.15, 0.2) is 76.4 Å². The van der Waals surface area contributed by atoms with Crippen molar-refractivity contribution >= 4 is 88.3 Å². The molecule has 0 aromatic carbocycles. The molecule has 25 unspecified atom stereocenters. The Hall–Kier alpha value is -1.89. The predicted molar refractivity (Wildman–Crippen MR) is 253 cm³/mol. The van der Waals surface area contributed by atoms with Crippen LogP contribution in [0.5, 0.6) is 0 Å². The maximum atomic E-state index is 13.8. The van der Waals surface area contributed by atoms with Crippen LogP contribution in [0.15, 0.2) is 0 Å². The minimum atomic E-state index is -6.05. The van der Waals surface area contributed by atoms with Gasteiger partial charge < -0.3 is 111 Å². The second kappa shape index (κ2) is 32.5. The predicted octanol–water partition coefficient (Wildman–Crippen LogP) is -11.3. The van der Waals surface area contributed by atoms with Crippen LogP contribution in [-0.2, 0) is 149 Å². The van der Waals surface area contributed by atoms with Gasteiger partial charge in [-0.3, -0.25) is 26.6 Å². The summed E-state index contributed by atoms with van der Waals surface area (Å²) in [4.78, 5) is 32.1. The van der Waals surface area contributed by atoms with Crippen LogP contribution in [0.25, 0.3) is 0 Å². The number of carbonyl (C=O) groups is 2. The molecule has 5 heterocycles. The van der Waals surface area contributed by atoms with Gasteiger partial charge in [0.05, 0.1) is 51.3 Å². The van der Waals surface area contributed by atoms with Gasteiger partial charge in [0.1, 0.15) is 73.2 Å². The average Bonchev–Trinajstić information content (AvgIpc) is 1.56. The molecule has 5 aliphatic rings. The normalized spacial score (nSPS) is 38.9. The molecule has 0 bridgehead atoms. The summed E-state index contributed by atoms with van der Waals surface area (Å²) in [5.41, 5.74) is 0. The molecule has 516 valence electrons. The molecular formula is C35H54N3O43S7-7. The zero-order valence-corrected chi connectivity index (χ0v) is 50.4. The molecule has 0 spiro atoms. The Morgan fingerprint density at radius 1 is 0.534 bits per heavy atom. The third-order valence-electron chi connectivity index (χ3n) is 13.3. The van der Waals surface area contributed by atoms with Gasteiger partial charge in [0.2, 0.25) is 31.2 Å². The van der Waals surface area contributed by atoms with E-state index in [0.717, 1.165) is 21.1 Å². The summed E-state index contributed by atoms with van der Waals surface area (Å²) in [5, 5.41) is 78.2. The molecule has 0 radical (unpaired) electrons. The van der Waals surface area contributed by atoms with Gasteiger partial charge >= 0.3 is 5.97 Å². The lowest BCUT2D eigenvalue weighted by molar-refractivity contribution is -0.777. The van der Waals surface area contributed by atoms with E-state index < -0.39 is 261 Å². The summed E-state index contributed by atoms with van der Waals surface area (Å²) in [7, 11) is -26.9. The minimum Gasteiger partial charge on any atom is -0.774 e. The van der Waals surface area contributed by atoms with Crippen LogP contribution in [0.4, 0.5) is 0 Å². The maximum Gasteiger partial charge on any atom is 0.337 e. The standard InChI is InChI=1S/C35H61N3O43S7/c1-9-12(6-64-86(54,55)56)68-32(10(2)17(9)39)72-25-19(41)20(42)34(75-29(25)31(45)63-5)71-23-14(8-66-88(60,61)62)69-33(16(38-85(51,52)53)24(23)77-83-80-78-46)73-26-21(43)27(76-79-81-82-47)35(74-28(26)30(44)36-4)70-22-13(7-65-87(57,58)59)67-11(3)15(18(22)40)37-84(48,49)50/h9-29,32-35,37-43,46-47H,6-8H2,1-5H3,(H,36,44)(H,48,49,50)(H,51,52,53)(H,54,55,56)(H,57,58,59)(H,60,61,62)/p-7. The summed E-state index contributed by atoms with van der Waals surface area (Å²) < 4.78 is 274. The molecule has 88 heavy (non-hydrogen) atoms. The molecule has 5 rings (SSSR count). The lowest BCUT2D eigenvalue weighted by Crippen LogP contribution is -2.71. The van der Waals surface area contributed by atoms with Crippen LogP contribution < -0.4 is 20.0 Å². The van der Waals surface area contributed by atoms with E-state index in [1.807, 2.05) is 5.32 Å². The smallest absolute Gasteiger partial charge is 0.337 e. The summed E-state index contributed by atoms with van der Waals surface area (Å²) in [6.45, 7) is -0.450. The highest BCUT2D eigenvalue weighted by Crippen LogP contribution is 2.40. The van der Waals surface area contributed by atoms with E-state index in [4.69, 9.17) is 56.4 Å². The van der Waals surface area contributed by atoms with Gasteiger partial charge in [-0.05, 0) is 6.92 Å². The second-order valence-corrected chi connectivity index (χ2v) is 25.0. The van der Waals surface area contributed by atoms with Crippen molar-refractivity contribution in [2.24, 2.45) is 11.8 Å². The zero-order chi connectivity index (χ0) is 66.2. The highest BCUT2D eigenvalue weighted by Gasteiger charge is 2.60. The molecule has 8 N–H and O–H groups in total. The van der Waals surface area contributed by atoms with Crippen molar-refractivity contribution in [1.29, 1.82) is 0 Å². The first-order valence-electron chi connectivity index (χ1n) is 24.2. The first kappa shape index (κ1) is 76.8. The van der Waals surface area contributed by atoms with Gasteiger partial charge in [-0.2, -0.15) is 4.89 Å². The molecule has 5 saturated heterocycles. The Labute approximate surface area is 506 Å². The van der Waals surface area contributed by atoms with Gasteiger partial charge in [0, 0.05) is 18.9 Å². The van der Waals surface area contributed by atoms with E-state index in [-0.39, 0.29) is 0 Å². The molecule has 25 atom stereocenters. The fourth-order valence-electron chi connectivity index (χ4n) is 9.29. The Bertz CT molecular complexity index is 2850. The summed E-state index contributed by atoms with van der Waals surface area (Å²) in [5.74, 6) is -5.12. The molecule has 53 heteroatoms. The molecule has 5 fully saturated rings. The van der Waals surface area contributed by atoms with Crippen molar-refractivity contribution in [2.75, 3.05) is 34.0 Å². The first-order chi connectivity index (χ1) is 40.7. The number of carbonyl (C=O) groups excluding carboxylic acids is 2. The number of esters is 1. The van der Waals surface area contributed by atoms with E-state index in [1.54, 1.807) is 0 Å². The van der Waals surface area contributed by atoms with Crippen molar-refractivity contribution in [1.82, 2.24) is 14.8 Å². The van der Waals surface area contributed by atoms with Crippen LogP contribution in [0, 0.1) is 11.8 Å². The molecular weight excluding hydrogens is 1370 g/mol. The van der Waals surface area contributed by atoms with Crippen LogP contribution in [-0.4, -0.2) is 282 Å². The first-order valence-corrected chi connectivity index (χ1v) is 32.3. The number of likely N-dealkylation sites (N-methyl/N-ethyl adjacent to an activating group) is 1. The number of nitrogens with one attached hydrogen (secondary N) is 3. The molecule has 0 aromatic rings. The van der Waals surface area contributed by atoms with E-state index in [1.165, 1.54) is 23.3 Å². The summed E-state index contributed by atoms with van der Waals surface area (Å²) >= 11 is -1.44. The Balaban J connectivity index is 1.58. The van der Waals surface area contributed by atoms with Gasteiger partial charge in [-0.15, -0.1) is 8.67 Å². The number of rotatable bonds is 31. The molecule has 0 aromatic heterocycles. The van der Waals surface area contributed by atoms with Crippen LogP contribution in [0.3, 0.4) is 0 Å². The Kier molecular flexibility index (Phi) is 28.4. The molecule has 46 nitrogen and oxygen atoms in total. The maximum absolute atomic E-state index is 13.8. The second-order valence-electron chi connectivity index (χ2n) is 18.8. The number of amides is 1. The lowest BCUT2D eigenvalue weighted by atomic mass is 9.86. The number of aliphatic hydroxyl groups is 5. The van der Waals surface area contributed by atoms with Crippen molar-refractivity contribution in [3.05, 3.63) is 0 Å². The Morgan fingerprint density at radius 2 is 1.03 bits per heavy atom. The lowest BCUT2D eigenvalue weighted by Gasteiger charge is -2.51. The van der Waals surface area contributed by atoms with Crippen LogP contribution in [0.2, 0.25) is 0 Å². The third kappa shape index (κ3) is 21.6. The fraction of sp³-hybridized carbons (Fsp3) is 0.943. The average molecular weight is 1430 g/mol. The van der Waals surface area contributed by atoms with E-state index in [2.05, 4.69) is 31.3 Å². The molecule has 0 saturated carbocycles. The van der Waals surface area contributed by atoms with Gasteiger partial charge in [-0.25, -0.2) is 56.3 Å². The molecule has 5 aliphatic heterocycles. The zero-order valence-electron chi connectivity index (χ0n) is 44.7. The SMILES string of the molecule is CNC(=O)C1OC(OC2C(COS(=O)(=O)[O-])OC(C)C(NS(=O)(=O)[O-])C2O)C(OOOS[O-])C(O)C1OC1OC(COS(=O)(=O)[O-])C(OC2OC(C(=O)OC)C(OC3OC(COS(=O)(=O)[O-])C(C)C(O)C3C)C(O)C2O)C(OSOO[O-])C1NS(=O)(=O)[O-]. The van der Waals surface area contributed by atoms with E-state index in [0.29, 0.717) is 0 Å². The highest BCUT2D eigenvalue weighted by molar-refractivity contribution is 7.89. The number of aliphatic hydroxyl groups excluding tert-OH is 5. The van der Waals surface area contributed by atoms with E-state index >= 15 is 0 Å². The Morgan fingerprint density at radius 3 is 1.57 bits per heavy atom. The fourth-order valence-corrected chi connectivity index (χ4v) is 11.9. The minimum absolute atomic E-state index is 0.592. The molecule has 0 aliphatic carbocycles. The largest absolute Gasteiger partial charge is 0.774 e. The van der Waals surface area contributed by atoms with Crippen molar-refractivity contribution in [3.63, 3.8) is 0 Å². The van der Waals surface area contributed by atoms with Crippen LogP contribution >= 0.6 is 24.6 Å². The van der Waals surface area contributed by atoms with Crippen molar-refractivity contribution in [2.45, 2.75) is 162 Å². The monoisotopic (exact) mass is 1430 g/mol. The van der Waals surface area contributed by atoms with Crippen molar-refractivity contribution in [3.8, 4) is 0 Å². The number of methoxy groups -OCH3 is 1. The number of hydrogen-bond acceptors (Lipinski definition) is 45. The van der Waals surface area contributed by atoms with Gasteiger partial charge in [0.25, 0.3) is 5.91 Å². The molecule has 1 amide bonds. The van der Waals surface area contributed by atoms with E-state index in [9.17, 15) is 110 Å². The summed E-state index contributed by atoms with van der Waals surface area (Å²) in [6.07, 6.45) is -49.2. The third-order valence-corrected chi connectivity index (χ3v) is 16.2. The quantitative estimate of drug-likeness (QED) is 0.00608.